The van der Waals surface area contributed by atoms with Crippen molar-refractivity contribution in [1.82, 2.24) is 34.8 Å². The second-order valence-corrected chi connectivity index (χ2v) is 9.34. The van der Waals surface area contributed by atoms with Crippen LogP contribution in [0.4, 0.5) is 4.39 Å². The Bertz CT molecular complexity index is 1730. The molecule has 4 heterocycles. The molecule has 0 spiro atoms. The van der Waals surface area contributed by atoms with Crippen LogP contribution in [0.5, 0.6) is 5.75 Å². The van der Waals surface area contributed by atoms with Gasteiger partial charge in [-0.1, -0.05) is 12.1 Å². The van der Waals surface area contributed by atoms with E-state index >= 15 is 0 Å². The van der Waals surface area contributed by atoms with Gasteiger partial charge in [-0.2, -0.15) is 10.2 Å². The smallest absolute Gasteiger partial charge is 0.135 e. The molecule has 0 aliphatic heterocycles. The van der Waals surface area contributed by atoms with Crippen molar-refractivity contribution in [2.45, 2.75) is 0 Å². The van der Waals surface area contributed by atoms with Gasteiger partial charge in [-0.25, -0.2) is 9.37 Å². The number of aryl methyl sites for hydroxylation is 1. The van der Waals surface area contributed by atoms with Crippen LogP contribution in [0.3, 0.4) is 0 Å². The van der Waals surface area contributed by atoms with Gasteiger partial charge in [0.25, 0.3) is 0 Å². The number of likely N-dealkylation sites (N-methyl/N-ethyl adjacent to an activating group) is 1. The van der Waals surface area contributed by atoms with Crippen molar-refractivity contribution in [2.75, 3.05) is 27.2 Å². The summed E-state index contributed by atoms with van der Waals surface area (Å²) in [6, 6.07) is 16.7. The summed E-state index contributed by atoms with van der Waals surface area (Å²) in [7, 11) is 5.83. The standard InChI is InChI=1S/C28H26FN7O/c1-35(2)9-10-37-20-12-17(11-19(29)13-20)21-5-4-6-24-22(21)14-26(31-24)28-27-25(33-34-28)8-7-23(32-27)18-15-30-36(3)16-18/h4-8,11-16,31H,9-10H2,1-3H3,(H,33,34). The Labute approximate surface area is 212 Å². The average molecular weight is 496 g/mol. The first-order valence-corrected chi connectivity index (χ1v) is 12.0. The Hall–Kier alpha value is -4.50. The maximum Gasteiger partial charge on any atom is 0.135 e. The highest BCUT2D eigenvalue weighted by Crippen LogP contribution is 2.35. The Kier molecular flexibility index (Phi) is 5.69. The lowest BCUT2D eigenvalue weighted by Gasteiger charge is -2.12. The van der Waals surface area contributed by atoms with Crippen molar-refractivity contribution in [3.63, 3.8) is 0 Å². The molecule has 0 saturated carbocycles. The van der Waals surface area contributed by atoms with Gasteiger partial charge >= 0.3 is 0 Å². The highest BCUT2D eigenvalue weighted by molar-refractivity contribution is 6.00. The number of nitrogens with zero attached hydrogens (tertiary/aromatic N) is 5. The van der Waals surface area contributed by atoms with Crippen LogP contribution < -0.4 is 4.74 Å². The second-order valence-electron chi connectivity index (χ2n) is 9.34. The van der Waals surface area contributed by atoms with Crippen molar-refractivity contribution < 1.29 is 9.13 Å². The molecule has 0 bridgehead atoms. The summed E-state index contributed by atoms with van der Waals surface area (Å²) in [6.45, 7) is 1.23. The summed E-state index contributed by atoms with van der Waals surface area (Å²) in [5.41, 5.74) is 7.47. The van der Waals surface area contributed by atoms with Crippen LogP contribution in [0.1, 0.15) is 0 Å². The van der Waals surface area contributed by atoms with Crippen molar-refractivity contribution in [3.8, 4) is 39.5 Å². The maximum absolute atomic E-state index is 14.6. The van der Waals surface area contributed by atoms with Crippen LogP contribution in [0.15, 0.2) is 67.0 Å². The van der Waals surface area contributed by atoms with Gasteiger partial charge in [-0.3, -0.25) is 9.78 Å². The zero-order valence-electron chi connectivity index (χ0n) is 20.8. The Morgan fingerprint density at radius 2 is 1.92 bits per heavy atom. The molecule has 9 heteroatoms. The van der Waals surface area contributed by atoms with E-state index < -0.39 is 0 Å². The highest BCUT2D eigenvalue weighted by Gasteiger charge is 2.16. The van der Waals surface area contributed by atoms with Crippen molar-refractivity contribution >= 4 is 21.9 Å². The number of nitrogens with one attached hydrogen (secondary N) is 2. The van der Waals surface area contributed by atoms with E-state index in [1.165, 1.54) is 12.1 Å². The minimum absolute atomic E-state index is 0.337. The second kappa shape index (κ2) is 9.18. The predicted octanol–water partition coefficient (Wildman–Crippen LogP) is 5.25. The molecule has 6 rings (SSSR count). The summed E-state index contributed by atoms with van der Waals surface area (Å²) in [6.07, 6.45) is 3.72. The number of aromatic amines is 2. The number of benzene rings is 2. The number of aromatic nitrogens is 6. The highest BCUT2D eigenvalue weighted by atomic mass is 19.1. The zero-order chi connectivity index (χ0) is 25.5. The van der Waals surface area contributed by atoms with E-state index in [0.717, 1.165) is 62.3 Å². The maximum atomic E-state index is 14.6. The number of hydrogen-bond acceptors (Lipinski definition) is 5. The molecule has 0 unspecified atom stereocenters. The number of halogens is 1. The largest absolute Gasteiger partial charge is 0.492 e. The van der Waals surface area contributed by atoms with Crippen LogP contribution in [0.2, 0.25) is 0 Å². The molecule has 0 aliphatic rings. The first-order valence-electron chi connectivity index (χ1n) is 12.0. The lowest BCUT2D eigenvalue weighted by Crippen LogP contribution is -2.19. The SMILES string of the molecule is CN(C)CCOc1cc(F)cc(-c2cccc3[nH]c(-c4n[nH]c5ccc(-c6cnn(C)c6)nc45)cc23)c1. The first kappa shape index (κ1) is 22.9. The number of H-pyrrole nitrogens is 2. The van der Waals surface area contributed by atoms with E-state index in [1.54, 1.807) is 10.9 Å². The lowest BCUT2D eigenvalue weighted by atomic mass is 10.0. The van der Waals surface area contributed by atoms with Gasteiger partial charge in [0.1, 0.15) is 29.4 Å². The van der Waals surface area contributed by atoms with Crippen LogP contribution in [0.25, 0.3) is 55.7 Å². The minimum Gasteiger partial charge on any atom is -0.492 e. The van der Waals surface area contributed by atoms with Gasteiger partial charge in [0, 0.05) is 42.3 Å². The van der Waals surface area contributed by atoms with Gasteiger partial charge in [-0.15, -0.1) is 0 Å². The van der Waals surface area contributed by atoms with Crippen molar-refractivity contribution in [3.05, 3.63) is 72.8 Å². The summed E-state index contributed by atoms with van der Waals surface area (Å²) in [4.78, 5) is 10.4. The van der Waals surface area contributed by atoms with Crippen LogP contribution in [-0.2, 0) is 7.05 Å². The minimum atomic E-state index is -0.337. The lowest BCUT2D eigenvalue weighted by molar-refractivity contribution is 0.260. The number of rotatable bonds is 7. The molecule has 0 atom stereocenters. The fraction of sp³-hybridized carbons (Fsp3) is 0.179. The molecule has 186 valence electrons. The Morgan fingerprint density at radius 3 is 2.73 bits per heavy atom. The number of ether oxygens (including phenoxy) is 1. The predicted molar refractivity (Wildman–Crippen MR) is 143 cm³/mol. The van der Waals surface area contributed by atoms with Crippen LogP contribution in [0, 0.1) is 5.82 Å². The van der Waals surface area contributed by atoms with Gasteiger partial charge in [0.15, 0.2) is 0 Å². The van der Waals surface area contributed by atoms with Gasteiger partial charge in [-0.05, 0) is 61.6 Å². The van der Waals surface area contributed by atoms with Gasteiger partial charge in [0.05, 0.1) is 23.1 Å². The summed E-state index contributed by atoms with van der Waals surface area (Å²) in [5, 5.41) is 12.9. The molecule has 0 fully saturated rings. The van der Waals surface area contributed by atoms with E-state index in [4.69, 9.17) is 9.72 Å². The molecular formula is C28H26FN7O. The van der Waals surface area contributed by atoms with Crippen LogP contribution >= 0.6 is 0 Å². The summed E-state index contributed by atoms with van der Waals surface area (Å²) >= 11 is 0. The number of pyridine rings is 1. The molecule has 37 heavy (non-hydrogen) atoms. The molecule has 8 nitrogen and oxygen atoms in total. The molecule has 4 aromatic heterocycles. The Balaban J connectivity index is 1.40. The zero-order valence-corrected chi connectivity index (χ0v) is 20.8. The third-order valence-electron chi connectivity index (χ3n) is 6.32. The molecule has 6 aromatic rings. The summed E-state index contributed by atoms with van der Waals surface area (Å²) in [5.74, 6) is 0.172. The normalized spacial score (nSPS) is 11.7. The first-order chi connectivity index (χ1) is 17.9. The van der Waals surface area contributed by atoms with E-state index in [0.29, 0.717) is 12.4 Å². The third-order valence-corrected chi connectivity index (χ3v) is 6.32. The summed E-state index contributed by atoms with van der Waals surface area (Å²) < 4.78 is 22.1. The van der Waals surface area contributed by atoms with Crippen molar-refractivity contribution in [2.24, 2.45) is 7.05 Å². The van der Waals surface area contributed by atoms with Crippen LogP contribution in [-0.4, -0.2) is 62.1 Å². The van der Waals surface area contributed by atoms with E-state index in [2.05, 4.69) is 20.3 Å². The topological polar surface area (TPSA) is 87.6 Å². The van der Waals surface area contributed by atoms with Gasteiger partial charge in [0.2, 0.25) is 0 Å². The van der Waals surface area contributed by atoms with E-state index in [-0.39, 0.29) is 5.82 Å². The monoisotopic (exact) mass is 495 g/mol. The molecule has 2 aromatic carbocycles. The molecular weight excluding hydrogens is 469 g/mol. The molecule has 0 saturated heterocycles. The molecule has 0 aliphatic carbocycles. The number of hydrogen-bond donors (Lipinski definition) is 2. The molecule has 2 N–H and O–H groups in total. The van der Waals surface area contributed by atoms with E-state index in [1.807, 2.05) is 74.7 Å². The average Bonchev–Trinajstić information content (AvgIpc) is 3.60. The third kappa shape index (κ3) is 4.45. The Morgan fingerprint density at radius 1 is 1.03 bits per heavy atom. The molecule has 0 radical (unpaired) electrons. The fourth-order valence-corrected chi connectivity index (χ4v) is 4.48. The molecule has 0 amide bonds. The number of fused-ring (bicyclic) bond motifs is 2. The van der Waals surface area contributed by atoms with Gasteiger partial charge < -0.3 is 14.6 Å². The van der Waals surface area contributed by atoms with E-state index in [9.17, 15) is 4.39 Å². The fourth-order valence-electron chi connectivity index (χ4n) is 4.48. The van der Waals surface area contributed by atoms with Crippen molar-refractivity contribution in [1.29, 1.82) is 0 Å². The quantitative estimate of drug-likeness (QED) is 0.316.